The molecule has 2 aliphatic heterocycles. The number of nitrogens with zero attached hydrogens (tertiary/aromatic N) is 3. The highest BCUT2D eigenvalue weighted by Gasteiger charge is 2.41. The fraction of sp³-hybridized carbons (Fsp3) is 0.420. The van der Waals surface area contributed by atoms with Crippen LogP contribution in [0.15, 0.2) is 114 Å². The van der Waals surface area contributed by atoms with E-state index in [2.05, 4.69) is 57.5 Å². The number of carboxylic acids is 1. The van der Waals surface area contributed by atoms with E-state index in [9.17, 15) is 62.9 Å². The summed E-state index contributed by atoms with van der Waals surface area (Å²) in [6.07, 6.45) is 3.92. The van der Waals surface area contributed by atoms with Crippen molar-refractivity contribution in [2.45, 2.75) is 146 Å². The standard InChI is InChI=1S/C69H86FN15O14/c1-38(2)29-51(60(91)77-50(15-8-26-73-69(71)72)68(99)85-28-10-16-57(85)66(97)76-36-59(89)90)78-63(94)54(32-42-34-74-48-13-6-4-11-46(42)48)80-61(92)52(31-41-20-24-45(88)25-21-41)79-65(96)56(37-86)83-64(95)55(33-43-35-75-49-14-7-5-12-47(43)49)81-62(93)53(30-40-18-22-44(70)23-19-40)82-67(98)58-17-9-27-84(58)39(3)87/h4-7,11-14,18-25,34-35,38,50-58,74-75,86,88H,8-10,15-17,26-33,36-37H2,1-3H3,(H,76,97)(H,77,91)(H,78,94)(H,79,96)(H,80,92)(H,81,93)(H,82,98)(H,83,95)(H,89,90)(H4,71,72,73)/t50-,51-,52-,53+,54-,55+,56-,57-,58+/m0/s1. The van der Waals surface area contributed by atoms with Gasteiger partial charge in [0.1, 0.15) is 72.5 Å². The van der Waals surface area contributed by atoms with E-state index in [4.69, 9.17) is 11.5 Å². The monoisotopic (exact) mass is 1370 g/mol. The zero-order valence-electron chi connectivity index (χ0n) is 55.2. The molecule has 6 aromatic rings. The van der Waals surface area contributed by atoms with Crippen LogP contribution in [0, 0.1) is 11.7 Å². The molecule has 528 valence electrons. The third-order valence-electron chi connectivity index (χ3n) is 17.4. The van der Waals surface area contributed by atoms with Crippen molar-refractivity contribution in [2.75, 3.05) is 32.8 Å². The number of carbonyl (C=O) groups excluding carboxylic acids is 10. The average molecular weight is 1370 g/mol. The van der Waals surface area contributed by atoms with Gasteiger partial charge in [0.15, 0.2) is 5.96 Å². The number of aliphatic imine (C=N–C) groups is 1. The summed E-state index contributed by atoms with van der Waals surface area (Å²) in [5, 5.41) is 53.1. The first-order valence-electron chi connectivity index (χ1n) is 32.8. The summed E-state index contributed by atoms with van der Waals surface area (Å²) in [7, 11) is 0. The van der Waals surface area contributed by atoms with Crippen LogP contribution in [0.5, 0.6) is 5.75 Å². The van der Waals surface area contributed by atoms with Gasteiger partial charge in [0.25, 0.3) is 0 Å². The molecule has 9 atom stereocenters. The average Bonchev–Trinajstić information content (AvgIpc) is 1.76. The lowest BCUT2D eigenvalue weighted by Gasteiger charge is -2.30. The van der Waals surface area contributed by atoms with E-state index < -0.39 is 132 Å². The second kappa shape index (κ2) is 34.9. The first-order valence-corrected chi connectivity index (χ1v) is 32.8. The van der Waals surface area contributed by atoms with Crippen LogP contribution in [-0.2, 0) is 78.4 Å². The van der Waals surface area contributed by atoms with Gasteiger partial charge in [-0.1, -0.05) is 74.5 Å². The Morgan fingerprint density at radius 1 is 0.576 bits per heavy atom. The summed E-state index contributed by atoms with van der Waals surface area (Å²) in [5.74, 6) is -10.4. The Morgan fingerprint density at radius 2 is 1.02 bits per heavy atom. The number of aromatic nitrogens is 2. The predicted molar refractivity (Wildman–Crippen MR) is 362 cm³/mol. The largest absolute Gasteiger partial charge is 0.508 e. The van der Waals surface area contributed by atoms with Crippen molar-refractivity contribution in [3.8, 4) is 5.75 Å². The van der Waals surface area contributed by atoms with Crippen molar-refractivity contribution in [2.24, 2.45) is 22.4 Å². The van der Waals surface area contributed by atoms with Gasteiger partial charge in [-0.2, -0.15) is 0 Å². The van der Waals surface area contributed by atoms with Crippen molar-refractivity contribution in [3.05, 3.63) is 138 Å². The molecule has 4 aromatic carbocycles. The van der Waals surface area contributed by atoms with E-state index in [1.165, 1.54) is 65.3 Å². The predicted octanol–water partition coefficient (Wildman–Crippen LogP) is 0.453. The molecule has 0 saturated carbocycles. The zero-order chi connectivity index (χ0) is 71.4. The van der Waals surface area contributed by atoms with Crippen LogP contribution in [0.3, 0.4) is 0 Å². The third kappa shape index (κ3) is 20.6. The minimum atomic E-state index is -1.84. The molecule has 29 nitrogen and oxygen atoms in total. The number of benzene rings is 4. The Morgan fingerprint density at radius 3 is 1.53 bits per heavy atom. The van der Waals surface area contributed by atoms with E-state index in [1.807, 2.05) is 0 Å². The number of rotatable bonds is 33. The van der Waals surface area contributed by atoms with Gasteiger partial charge in [-0.15, -0.1) is 0 Å². The Bertz CT molecular complexity index is 3910. The van der Waals surface area contributed by atoms with E-state index in [0.29, 0.717) is 69.9 Å². The number of para-hydroxylation sites is 2. The molecule has 8 rings (SSSR count). The molecule has 0 spiro atoms. The summed E-state index contributed by atoms with van der Waals surface area (Å²) in [5.41, 5.74) is 14.4. The molecule has 2 saturated heterocycles. The Kier molecular flexibility index (Phi) is 26.0. The van der Waals surface area contributed by atoms with Gasteiger partial charge in [0.05, 0.1) is 6.61 Å². The number of hydrogen-bond donors (Lipinski definition) is 15. The normalized spacial score (nSPS) is 16.5. The number of hydrogen-bond acceptors (Lipinski definition) is 14. The number of phenolic OH excluding ortho intramolecular Hbond substituents is 1. The second-order valence-electron chi connectivity index (χ2n) is 25.2. The van der Waals surface area contributed by atoms with E-state index in [-0.39, 0.29) is 88.0 Å². The number of aromatic amines is 2. The van der Waals surface area contributed by atoms with Crippen LogP contribution in [0.1, 0.15) is 88.0 Å². The summed E-state index contributed by atoms with van der Waals surface area (Å²) in [4.78, 5) is 168. The quantitative estimate of drug-likeness (QED) is 0.0151. The number of aliphatic carboxylic acids is 1. The highest BCUT2D eigenvalue weighted by Crippen LogP contribution is 2.25. The lowest BCUT2D eigenvalue weighted by molar-refractivity contribution is -0.143. The molecule has 30 heteroatoms. The fourth-order valence-corrected chi connectivity index (χ4v) is 12.4. The third-order valence-corrected chi connectivity index (χ3v) is 17.4. The van der Waals surface area contributed by atoms with Gasteiger partial charge in [0.2, 0.25) is 59.1 Å². The Hall–Kier alpha value is -10.9. The van der Waals surface area contributed by atoms with Crippen molar-refractivity contribution in [1.29, 1.82) is 0 Å². The molecule has 4 heterocycles. The van der Waals surface area contributed by atoms with Crippen LogP contribution in [0.25, 0.3) is 21.8 Å². The first kappa shape index (κ1) is 73.9. The molecule has 2 fully saturated rings. The molecule has 0 radical (unpaired) electrons. The van der Waals surface area contributed by atoms with Crippen molar-refractivity contribution < 1.29 is 72.4 Å². The van der Waals surface area contributed by atoms with Gasteiger partial charge in [-0.25, -0.2) is 4.39 Å². The van der Waals surface area contributed by atoms with Crippen molar-refractivity contribution in [1.82, 2.24) is 62.3 Å². The Balaban J connectivity index is 1.06. The number of aromatic hydroxyl groups is 1. The van der Waals surface area contributed by atoms with Crippen molar-refractivity contribution >= 4 is 92.8 Å². The van der Waals surface area contributed by atoms with Gasteiger partial charge in [-0.3, -0.25) is 57.7 Å². The van der Waals surface area contributed by atoms with Gasteiger partial charge in [0, 0.05) is 86.4 Å². The molecule has 0 unspecified atom stereocenters. The van der Waals surface area contributed by atoms with Crippen LogP contribution in [-0.4, -0.2) is 193 Å². The number of likely N-dealkylation sites (tertiary alicyclic amines) is 2. The number of aliphatic hydroxyl groups excluding tert-OH is 1. The first-order chi connectivity index (χ1) is 47.3. The molecule has 0 aliphatic carbocycles. The maximum absolute atomic E-state index is 15.2. The number of phenols is 1. The molecule has 10 amide bonds. The molecule has 2 aliphatic rings. The van der Waals surface area contributed by atoms with Crippen LogP contribution in [0.2, 0.25) is 0 Å². The lowest BCUT2D eigenvalue weighted by Crippen LogP contribution is -2.61. The SMILES string of the molecule is CC(=O)N1CCC[C@@H]1C(=O)N[C@H](Cc1ccc(F)cc1)C(=O)N[C@H](Cc1c[nH]c2ccccc12)C(=O)N[C@@H](CO)C(=O)N[C@@H](Cc1ccc(O)cc1)C(=O)N[C@@H](Cc1c[nH]c2ccccc12)C(=O)N[C@@H](CC(C)C)C(=O)N[C@@H](CCCN=C(N)N)C(=O)N1CCC[C@H]1C(=O)NCC(=O)O. The van der Waals surface area contributed by atoms with Gasteiger partial charge in [-0.05, 0) is 110 Å². The Labute approximate surface area is 569 Å². The maximum atomic E-state index is 15.2. The number of H-pyrrole nitrogens is 2. The van der Waals surface area contributed by atoms with Crippen LogP contribution < -0.4 is 54.0 Å². The van der Waals surface area contributed by atoms with Gasteiger partial charge < -0.3 is 89.1 Å². The number of carboxylic acid groups (broad SMARTS) is 1. The second-order valence-corrected chi connectivity index (χ2v) is 25.2. The topological polar surface area (TPSA) is 447 Å². The van der Waals surface area contributed by atoms with E-state index in [1.54, 1.807) is 74.8 Å². The summed E-state index contributed by atoms with van der Waals surface area (Å²) < 4.78 is 14.2. The summed E-state index contributed by atoms with van der Waals surface area (Å²) in [6, 6.07) is 12.5. The summed E-state index contributed by atoms with van der Waals surface area (Å²) >= 11 is 0. The van der Waals surface area contributed by atoms with Gasteiger partial charge >= 0.3 is 5.97 Å². The number of fused-ring (bicyclic) bond motifs is 2. The minimum Gasteiger partial charge on any atom is -0.508 e. The number of guanidine groups is 1. The highest BCUT2D eigenvalue weighted by atomic mass is 19.1. The molecule has 2 aromatic heterocycles. The van der Waals surface area contributed by atoms with Crippen LogP contribution in [0.4, 0.5) is 4.39 Å². The zero-order valence-corrected chi connectivity index (χ0v) is 55.2. The number of nitrogens with two attached hydrogens (primary N) is 2. The smallest absolute Gasteiger partial charge is 0.322 e. The molecule has 99 heavy (non-hydrogen) atoms. The molecule has 0 bridgehead atoms. The fourth-order valence-electron chi connectivity index (χ4n) is 12.4. The van der Waals surface area contributed by atoms with Crippen LogP contribution >= 0.6 is 0 Å². The van der Waals surface area contributed by atoms with E-state index >= 15 is 9.59 Å². The number of halogens is 1. The minimum absolute atomic E-state index is 0.00106. The van der Waals surface area contributed by atoms with Crippen molar-refractivity contribution in [3.63, 3.8) is 0 Å². The number of aliphatic hydroxyl groups is 1. The maximum Gasteiger partial charge on any atom is 0.322 e. The number of carbonyl (C=O) groups is 11. The molecular weight excluding hydrogens is 1280 g/mol. The molecular formula is C69H86FN15O14. The van der Waals surface area contributed by atoms with E-state index in [0.717, 1.165) is 0 Å². The molecule has 17 N–H and O–H groups in total. The highest BCUT2D eigenvalue weighted by molar-refractivity contribution is 6.00. The number of amides is 10. The number of nitrogens with one attached hydrogen (secondary N) is 10. The lowest BCUT2D eigenvalue weighted by atomic mass is 9.99. The summed E-state index contributed by atoms with van der Waals surface area (Å²) in [6.45, 7) is 3.63.